The fraction of sp³-hybridized carbons (Fsp3) is 0.455. The van der Waals surface area contributed by atoms with E-state index in [0.717, 1.165) is 47.4 Å². The monoisotopic (exact) mass is 591 g/mol. The van der Waals surface area contributed by atoms with Gasteiger partial charge in [0.15, 0.2) is 23.1 Å². The van der Waals surface area contributed by atoms with Crippen LogP contribution in [0, 0.1) is 10.8 Å². The lowest BCUT2D eigenvalue weighted by atomic mass is 9.63. The Hall–Kier alpha value is -2.86. The standard InChI is InChI=1S/C33H38BrNO4/c1-6-39-27-15-21(14-22(34)31(27)38)28-29-23(16-32(2,3)18-25(29)36)35(13-12-20-10-8-7-9-11-20)24-17-33(4,5)19-26(37)30(24)28/h7-11,14-15,28,38H,6,12-13,16-19H2,1-5H3. The molecule has 2 aromatic rings. The van der Waals surface area contributed by atoms with Crippen LogP contribution in [0.2, 0.25) is 0 Å². The molecule has 0 fully saturated rings. The van der Waals surface area contributed by atoms with E-state index < -0.39 is 5.92 Å². The zero-order valence-electron chi connectivity index (χ0n) is 23.6. The van der Waals surface area contributed by atoms with Gasteiger partial charge in [-0.2, -0.15) is 0 Å². The van der Waals surface area contributed by atoms with E-state index in [9.17, 15) is 14.7 Å². The van der Waals surface area contributed by atoms with Gasteiger partial charge in [-0.05, 0) is 76.2 Å². The summed E-state index contributed by atoms with van der Waals surface area (Å²) in [5.74, 6) is 0.0947. The largest absolute Gasteiger partial charge is 0.503 e. The van der Waals surface area contributed by atoms with Gasteiger partial charge in [-0.25, -0.2) is 0 Å². The number of hydrogen-bond acceptors (Lipinski definition) is 5. The SMILES string of the molecule is CCOc1cc(C2C3=C(CC(C)(C)CC3=O)N(CCc3ccccc3)C3=C2C(=O)CC(C)(C)C3)cc(Br)c1O. The van der Waals surface area contributed by atoms with Crippen LogP contribution in [0.5, 0.6) is 11.5 Å². The Morgan fingerprint density at radius 2 is 1.49 bits per heavy atom. The van der Waals surface area contributed by atoms with Gasteiger partial charge in [0.25, 0.3) is 0 Å². The summed E-state index contributed by atoms with van der Waals surface area (Å²) < 4.78 is 6.25. The number of carbonyl (C=O) groups is 2. The average Bonchev–Trinajstić information content (AvgIpc) is 2.84. The molecular formula is C33H38BrNO4. The van der Waals surface area contributed by atoms with Gasteiger partial charge in [-0.1, -0.05) is 58.0 Å². The van der Waals surface area contributed by atoms with Crippen molar-refractivity contribution in [3.63, 3.8) is 0 Å². The number of aromatic hydroxyl groups is 1. The smallest absolute Gasteiger partial charge is 0.172 e. The summed E-state index contributed by atoms with van der Waals surface area (Å²) in [6.45, 7) is 11.6. The van der Waals surface area contributed by atoms with Crippen molar-refractivity contribution in [1.82, 2.24) is 4.90 Å². The Labute approximate surface area is 240 Å². The fourth-order valence-corrected chi connectivity index (χ4v) is 7.02. The topological polar surface area (TPSA) is 66.8 Å². The predicted octanol–water partition coefficient (Wildman–Crippen LogP) is 7.48. The van der Waals surface area contributed by atoms with Gasteiger partial charge >= 0.3 is 0 Å². The molecule has 1 N–H and O–H groups in total. The highest BCUT2D eigenvalue weighted by atomic mass is 79.9. The lowest BCUT2D eigenvalue weighted by molar-refractivity contribution is -0.119. The maximum absolute atomic E-state index is 14.0. The van der Waals surface area contributed by atoms with Gasteiger partial charge < -0.3 is 14.7 Å². The molecule has 0 bridgehead atoms. The Kier molecular flexibility index (Phi) is 7.30. The van der Waals surface area contributed by atoms with Crippen LogP contribution in [-0.2, 0) is 16.0 Å². The summed E-state index contributed by atoms with van der Waals surface area (Å²) in [4.78, 5) is 30.3. The first-order chi connectivity index (χ1) is 18.4. The van der Waals surface area contributed by atoms with Crippen LogP contribution in [-0.4, -0.2) is 34.7 Å². The number of hydrogen-bond donors (Lipinski definition) is 1. The highest BCUT2D eigenvalue weighted by molar-refractivity contribution is 9.10. The van der Waals surface area contributed by atoms with Gasteiger partial charge in [-0.15, -0.1) is 0 Å². The molecular weight excluding hydrogens is 554 g/mol. The van der Waals surface area contributed by atoms with E-state index in [1.165, 1.54) is 5.56 Å². The van der Waals surface area contributed by atoms with E-state index in [0.29, 0.717) is 36.2 Å². The molecule has 0 amide bonds. The number of phenols is 1. The molecule has 3 aliphatic rings. The average molecular weight is 593 g/mol. The molecule has 39 heavy (non-hydrogen) atoms. The van der Waals surface area contributed by atoms with Gasteiger partial charge in [0.05, 0.1) is 11.1 Å². The minimum atomic E-state index is -0.480. The molecule has 0 atom stereocenters. The van der Waals surface area contributed by atoms with E-state index in [-0.39, 0.29) is 28.1 Å². The lowest BCUT2D eigenvalue weighted by Gasteiger charge is -2.49. The molecule has 0 unspecified atom stereocenters. The number of nitrogens with zero attached hydrogens (tertiary/aromatic N) is 1. The maximum Gasteiger partial charge on any atom is 0.172 e. The van der Waals surface area contributed by atoms with Crippen molar-refractivity contribution in [1.29, 1.82) is 0 Å². The van der Waals surface area contributed by atoms with Crippen LogP contribution in [0.1, 0.15) is 77.3 Å². The number of ether oxygens (including phenoxy) is 1. The summed E-state index contributed by atoms with van der Waals surface area (Å²) in [6.07, 6.45) is 3.23. The molecule has 1 heterocycles. The Morgan fingerprint density at radius 3 is 2.03 bits per heavy atom. The molecule has 0 saturated heterocycles. The third kappa shape index (κ3) is 5.32. The second-order valence-electron chi connectivity index (χ2n) is 12.7. The second-order valence-corrected chi connectivity index (χ2v) is 13.6. The summed E-state index contributed by atoms with van der Waals surface area (Å²) in [7, 11) is 0. The highest BCUT2D eigenvalue weighted by Gasteiger charge is 2.49. The van der Waals surface area contributed by atoms with E-state index in [4.69, 9.17) is 4.74 Å². The third-order valence-electron chi connectivity index (χ3n) is 8.17. The number of phenolic OH excluding ortho intramolecular Hbond substituents is 1. The minimum absolute atomic E-state index is 0.0245. The van der Waals surface area contributed by atoms with Crippen LogP contribution in [0.3, 0.4) is 0 Å². The van der Waals surface area contributed by atoms with Crippen LogP contribution in [0.4, 0.5) is 0 Å². The third-order valence-corrected chi connectivity index (χ3v) is 8.78. The number of allylic oxidation sites excluding steroid dienone is 4. The molecule has 0 spiro atoms. The van der Waals surface area contributed by atoms with Crippen molar-refractivity contribution in [3.05, 3.63) is 80.6 Å². The second kappa shape index (κ2) is 10.3. The van der Waals surface area contributed by atoms with Crippen molar-refractivity contribution >= 4 is 27.5 Å². The molecule has 0 radical (unpaired) electrons. The van der Waals surface area contributed by atoms with Crippen molar-refractivity contribution in [2.45, 2.75) is 72.6 Å². The summed E-state index contributed by atoms with van der Waals surface area (Å²) >= 11 is 3.50. The minimum Gasteiger partial charge on any atom is -0.503 e. The first kappa shape index (κ1) is 27.7. The van der Waals surface area contributed by atoms with Crippen LogP contribution in [0.25, 0.3) is 0 Å². The number of carbonyl (C=O) groups excluding carboxylic acids is 2. The molecule has 0 saturated carbocycles. The molecule has 2 aliphatic carbocycles. The number of rotatable bonds is 6. The number of benzene rings is 2. The molecule has 5 nitrogen and oxygen atoms in total. The van der Waals surface area contributed by atoms with Crippen molar-refractivity contribution < 1.29 is 19.4 Å². The number of halogens is 1. The van der Waals surface area contributed by atoms with E-state index >= 15 is 0 Å². The van der Waals surface area contributed by atoms with E-state index in [2.05, 4.69) is 72.8 Å². The Bertz CT molecular complexity index is 1330. The van der Waals surface area contributed by atoms with Crippen molar-refractivity contribution in [2.24, 2.45) is 10.8 Å². The summed E-state index contributed by atoms with van der Waals surface area (Å²) in [6, 6.07) is 14.0. The predicted molar refractivity (Wildman–Crippen MR) is 157 cm³/mol. The van der Waals surface area contributed by atoms with Crippen LogP contribution in [0.15, 0.2) is 69.5 Å². The molecule has 5 rings (SSSR count). The fourth-order valence-electron chi connectivity index (χ4n) is 6.56. The maximum atomic E-state index is 14.0. The highest BCUT2D eigenvalue weighted by Crippen LogP contribution is 2.55. The summed E-state index contributed by atoms with van der Waals surface area (Å²) in [5, 5.41) is 10.6. The molecule has 1 aliphatic heterocycles. The first-order valence-electron chi connectivity index (χ1n) is 13.9. The zero-order valence-corrected chi connectivity index (χ0v) is 25.2. The summed E-state index contributed by atoms with van der Waals surface area (Å²) in [5.41, 5.74) is 5.23. The van der Waals surface area contributed by atoms with Gasteiger partial charge in [0.1, 0.15) is 0 Å². The lowest BCUT2D eigenvalue weighted by Crippen LogP contribution is -2.45. The van der Waals surface area contributed by atoms with Gasteiger partial charge in [0, 0.05) is 47.8 Å². The number of Topliss-reactive ketones (excluding diaryl/α,β-unsaturated/α-hetero) is 2. The quantitative estimate of drug-likeness (QED) is 0.377. The van der Waals surface area contributed by atoms with Crippen molar-refractivity contribution in [2.75, 3.05) is 13.2 Å². The van der Waals surface area contributed by atoms with Crippen molar-refractivity contribution in [3.8, 4) is 11.5 Å². The van der Waals surface area contributed by atoms with E-state index in [1.807, 2.05) is 25.1 Å². The van der Waals surface area contributed by atoms with Gasteiger partial charge in [-0.3, -0.25) is 9.59 Å². The van der Waals surface area contributed by atoms with E-state index in [1.54, 1.807) is 0 Å². The van der Waals surface area contributed by atoms with Crippen LogP contribution < -0.4 is 4.74 Å². The molecule has 206 valence electrons. The molecule has 6 heteroatoms. The molecule has 0 aromatic heterocycles. The zero-order chi connectivity index (χ0) is 28.1. The Balaban J connectivity index is 1.73. The molecule has 2 aromatic carbocycles. The van der Waals surface area contributed by atoms with Crippen LogP contribution >= 0.6 is 15.9 Å². The first-order valence-corrected chi connectivity index (χ1v) is 14.7. The van der Waals surface area contributed by atoms with Gasteiger partial charge in [0.2, 0.25) is 0 Å². The number of ketones is 2. The Morgan fingerprint density at radius 1 is 0.923 bits per heavy atom. The normalized spacial score (nSPS) is 20.7.